The number of fused-ring (bicyclic) bond motifs is 1. The summed E-state index contributed by atoms with van der Waals surface area (Å²) in [5.41, 5.74) is 0.196. The van der Waals surface area contributed by atoms with Crippen LogP contribution >= 0.6 is 0 Å². The first-order chi connectivity index (χ1) is 7.29. The molecule has 4 fully saturated rings. The fourth-order valence-corrected chi connectivity index (χ4v) is 3.10. The van der Waals surface area contributed by atoms with Gasteiger partial charge in [0.2, 0.25) is 5.91 Å². The van der Waals surface area contributed by atoms with E-state index in [2.05, 4.69) is 9.80 Å². The number of nitrogens with zero attached hydrogens (tertiary/aromatic N) is 2. The van der Waals surface area contributed by atoms with E-state index in [4.69, 9.17) is 0 Å². The molecule has 1 saturated heterocycles. The minimum Gasteiger partial charge on any atom is -0.340 e. The van der Waals surface area contributed by atoms with Crippen LogP contribution in [0.3, 0.4) is 0 Å². The van der Waals surface area contributed by atoms with Gasteiger partial charge in [-0.15, -0.1) is 0 Å². The van der Waals surface area contributed by atoms with Gasteiger partial charge in [-0.05, 0) is 31.6 Å². The van der Waals surface area contributed by atoms with Gasteiger partial charge in [-0.1, -0.05) is 0 Å². The van der Waals surface area contributed by atoms with Gasteiger partial charge in [0.05, 0.1) is 5.41 Å². The second-order valence-electron chi connectivity index (χ2n) is 5.82. The van der Waals surface area contributed by atoms with E-state index in [1.165, 1.54) is 25.7 Å². The van der Waals surface area contributed by atoms with E-state index in [1.807, 2.05) is 0 Å². The summed E-state index contributed by atoms with van der Waals surface area (Å²) < 4.78 is 0. The lowest BCUT2D eigenvalue weighted by atomic mass is 10.1. The van der Waals surface area contributed by atoms with Crippen molar-refractivity contribution < 1.29 is 4.79 Å². The molecule has 3 saturated carbocycles. The Morgan fingerprint density at radius 2 is 1.67 bits per heavy atom. The van der Waals surface area contributed by atoms with Crippen molar-refractivity contribution in [2.45, 2.75) is 31.7 Å². The Kier molecular flexibility index (Phi) is 1.47. The third-order valence-electron chi connectivity index (χ3n) is 4.77. The van der Waals surface area contributed by atoms with Crippen molar-refractivity contribution >= 4 is 5.91 Å². The molecule has 0 radical (unpaired) electrons. The topological polar surface area (TPSA) is 23.6 Å². The molecule has 1 aliphatic heterocycles. The van der Waals surface area contributed by atoms with Gasteiger partial charge in [0.25, 0.3) is 0 Å². The van der Waals surface area contributed by atoms with Crippen LogP contribution in [-0.4, -0.2) is 47.9 Å². The standard InChI is InChI=1S/C12H18N2O/c15-11(12-7-9(12)8-12)14-5-3-13(4-6-14)10-1-2-10/h9-10H,1-8H2. The molecule has 0 aromatic carbocycles. The average Bonchev–Trinajstić information content (AvgIpc) is 3.06. The summed E-state index contributed by atoms with van der Waals surface area (Å²) in [6.45, 7) is 4.22. The smallest absolute Gasteiger partial charge is 0.229 e. The van der Waals surface area contributed by atoms with E-state index < -0.39 is 0 Å². The molecule has 0 bridgehead atoms. The first kappa shape index (κ1) is 8.57. The molecule has 0 aromatic rings. The molecular weight excluding hydrogens is 188 g/mol. The fourth-order valence-electron chi connectivity index (χ4n) is 3.10. The molecule has 82 valence electrons. The maximum atomic E-state index is 12.1. The molecule has 4 aliphatic rings. The van der Waals surface area contributed by atoms with Gasteiger partial charge in [0.1, 0.15) is 0 Å². The zero-order valence-corrected chi connectivity index (χ0v) is 9.11. The van der Waals surface area contributed by atoms with Gasteiger partial charge < -0.3 is 4.90 Å². The predicted molar refractivity (Wildman–Crippen MR) is 56.3 cm³/mol. The van der Waals surface area contributed by atoms with E-state index in [-0.39, 0.29) is 5.41 Å². The number of hydrogen-bond donors (Lipinski definition) is 0. The van der Waals surface area contributed by atoms with Crippen LogP contribution in [0.2, 0.25) is 0 Å². The number of hydrogen-bond acceptors (Lipinski definition) is 2. The average molecular weight is 206 g/mol. The highest BCUT2D eigenvalue weighted by Crippen LogP contribution is 2.75. The summed E-state index contributed by atoms with van der Waals surface area (Å²) in [5.74, 6) is 1.29. The molecule has 0 aromatic heterocycles. The Morgan fingerprint density at radius 1 is 1.07 bits per heavy atom. The zero-order valence-electron chi connectivity index (χ0n) is 9.11. The van der Waals surface area contributed by atoms with Crippen molar-refractivity contribution in [3.8, 4) is 0 Å². The first-order valence-corrected chi connectivity index (χ1v) is 6.33. The molecule has 1 amide bonds. The van der Waals surface area contributed by atoms with Gasteiger partial charge in [-0.25, -0.2) is 0 Å². The van der Waals surface area contributed by atoms with Crippen LogP contribution in [0.1, 0.15) is 25.7 Å². The molecule has 4 rings (SSSR count). The summed E-state index contributed by atoms with van der Waals surface area (Å²) in [5, 5.41) is 0. The SMILES string of the molecule is O=C(N1CCN(C2CC2)CC1)C12CC1C2. The Labute approximate surface area is 90.4 Å². The second-order valence-corrected chi connectivity index (χ2v) is 5.82. The van der Waals surface area contributed by atoms with Crippen LogP contribution in [0.25, 0.3) is 0 Å². The highest BCUT2D eigenvalue weighted by Gasteiger charge is 2.75. The minimum absolute atomic E-state index is 0.196. The van der Waals surface area contributed by atoms with Gasteiger partial charge in [-0.2, -0.15) is 0 Å². The van der Waals surface area contributed by atoms with Crippen molar-refractivity contribution in [2.24, 2.45) is 11.3 Å². The van der Waals surface area contributed by atoms with Crippen molar-refractivity contribution in [1.29, 1.82) is 0 Å². The third kappa shape index (κ3) is 1.19. The lowest BCUT2D eigenvalue weighted by Crippen LogP contribution is -2.50. The summed E-state index contributed by atoms with van der Waals surface area (Å²) >= 11 is 0. The largest absolute Gasteiger partial charge is 0.340 e. The molecule has 0 unspecified atom stereocenters. The summed E-state index contributed by atoms with van der Waals surface area (Å²) in [6.07, 6.45) is 5.18. The molecular formula is C12H18N2O. The van der Waals surface area contributed by atoms with Crippen LogP contribution in [-0.2, 0) is 4.79 Å². The fraction of sp³-hybridized carbons (Fsp3) is 0.917. The Morgan fingerprint density at radius 3 is 2.13 bits per heavy atom. The molecule has 3 heteroatoms. The van der Waals surface area contributed by atoms with Crippen molar-refractivity contribution in [3.05, 3.63) is 0 Å². The van der Waals surface area contributed by atoms with Gasteiger partial charge in [-0.3, -0.25) is 9.69 Å². The second kappa shape index (κ2) is 2.57. The summed E-state index contributed by atoms with van der Waals surface area (Å²) in [6, 6.07) is 0.870. The lowest BCUT2D eigenvalue weighted by molar-refractivity contribution is -0.136. The molecule has 3 aliphatic carbocycles. The quantitative estimate of drug-likeness (QED) is 0.664. The number of carbonyl (C=O) groups is 1. The minimum atomic E-state index is 0.196. The van der Waals surface area contributed by atoms with Crippen LogP contribution in [0.15, 0.2) is 0 Å². The summed E-state index contributed by atoms with van der Waals surface area (Å²) in [4.78, 5) is 16.8. The number of carbonyl (C=O) groups excluding carboxylic acids is 1. The van der Waals surface area contributed by atoms with Crippen LogP contribution in [0.5, 0.6) is 0 Å². The van der Waals surface area contributed by atoms with E-state index in [0.717, 1.165) is 38.1 Å². The molecule has 0 N–H and O–H groups in total. The maximum absolute atomic E-state index is 12.1. The number of rotatable bonds is 2. The van der Waals surface area contributed by atoms with Gasteiger partial charge >= 0.3 is 0 Å². The Hall–Kier alpha value is -0.570. The predicted octanol–water partition coefficient (Wildman–Crippen LogP) is 0.703. The third-order valence-corrected chi connectivity index (χ3v) is 4.77. The monoisotopic (exact) mass is 206 g/mol. The van der Waals surface area contributed by atoms with Crippen molar-refractivity contribution in [3.63, 3.8) is 0 Å². The van der Waals surface area contributed by atoms with Crippen LogP contribution < -0.4 is 0 Å². The molecule has 15 heavy (non-hydrogen) atoms. The highest BCUT2D eigenvalue weighted by molar-refractivity contribution is 5.90. The molecule has 1 heterocycles. The van der Waals surface area contributed by atoms with E-state index in [0.29, 0.717) is 5.91 Å². The zero-order chi connectivity index (χ0) is 10.0. The Bertz CT molecular complexity index is 310. The first-order valence-electron chi connectivity index (χ1n) is 6.33. The van der Waals surface area contributed by atoms with Crippen molar-refractivity contribution in [2.75, 3.05) is 26.2 Å². The van der Waals surface area contributed by atoms with Crippen molar-refractivity contribution in [1.82, 2.24) is 9.80 Å². The van der Waals surface area contributed by atoms with Crippen LogP contribution in [0, 0.1) is 11.3 Å². The number of amides is 1. The highest BCUT2D eigenvalue weighted by atomic mass is 16.2. The normalized spacial score (nSPS) is 43.7. The summed E-state index contributed by atoms with van der Waals surface area (Å²) in [7, 11) is 0. The van der Waals surface area contributed by atoms with Gasteiger partial charge in [0.15, 0.2) is 0 Å². The van der Waals surface area contributed by atoms with E-state index >= 15 is 0 Å². The maximum Gasteiger partial charge on any atom is 0.229 e. The molecule has 3 nitrogen and oxygen atoms in total. The van der Waals surface area contributed by atoms with Gasteiger partial charge in [0, 0.05) is 32.2 Å². The van der Waals surface area contributed by atoms with Crippen LogP contribution in [0.4, 0.5) is 0 Å². The number of piperazine rings is 1. The molecule has 0 atom stereocenters. The lowest BCUT2D eigenvalue weighted by Gasteiger charge is -2.35. The Balaban J connectivity index is 1.37. The van der Waals surface area contributed by atoms with E-state index in [9.17, 15) is 4.79 Å². The van der Waals surface area contributed by atoms with E-state index in [1.54, 1.807) is 0 Å². The molecule has 0 spiro atoms.